The van der Waals surface area contributed by atoms with E-state index in [0.29, 0.717) is 18.4 Å². The van der Waals surface area contributed by atoms with Crippen LogP contribution >= 0.6 is 0 Å². The molecule has 1 amide bonds. The van der Waals surface area contributed by atoms with Gasteiger partial charge in [-0.15, -0.1) is 0 Å². The molecule has 3 heterocycles. The third-order valence-corrected chi connectivity index (χ3v) is 5.85. The summed E-state index contributed by atoms with van der Waals surface area (Å²) in [5.41, 5.74) is -1.60. The molecule has 0 saturated carbocycles. The molecule has 14 heteroatoms. The number of halogens is 6. The SMILES string of the molecule is COc1cccc(Cn2cc(NC(=O)c3cc4nc(-c5ccc(F)cc5)cc(C(F)(F)C(F)(F)F)n4n3)cn2)c1. The van der Waals surface area contributed by atoms with Crippen LogP contribution in [-0.4, -0.2) is 43.6 Å². The first-order chi connectivity index (χ1) is 18.9. The van der Waals surface area contributed by atoms with E-state index in [2.05, 4.69) is 20.5 Å². The Morgan fingerprint density at radius 1 is 1.02 bits per heavy atom. The van der Waals surface area contributed by atoms with Crippen LogP contribution in [-0.2, 0) is 12.5 Å². The van der Waals surface area contributed by atoms with Crippen LogP contribution in [0.3, 0.4) is 0 Å². The predicted molar refractivity (Wildman–Crippen MR) is 131 cm³/mol. The lowest BCUT2D eigenvalue weighted by molar-refractivity contribution is -0.291. The zero-order valence-electron chi connectivity index (χ0n) is 20.5. The van der Waals surface area contributed by atoms with Crippen molar-refractivity contribution in [3.63, 3.8) is 0 Å². The lowest BCUT2D eigenvalue weighted by Crippen LogP contribution is -2.36. The van der Waals surface area contributed by atoms with Gasteiger partial charge in [-0.25, -0.2) is 13.9 Å². The Morgan fingerprint density at radius 2 is 1.77 bits per heavy atom. The molecule has 1 N–H and O–H groups in total. The molecule has 0 aliphatic rings. The van der Waals surface area contributed by atoms with Crippen LogP contribution < -0.4 is 10.1 Å². The average Bonchev–Trinajstić information content (AvgIpc) is 3.54. The second-order valence-electron chi connectivity index (χ2n) is 8.64. The highest BCUT2D eigenvalue weighted by atomic mass is 19.4. The van der Waals surface area contributed by atoms with Gasteiger partial charge in [0, 0.05) is 17.8 Å². The van der Waals surface area contributed by atoms with Gasteiger partial charge < -0.3 is 10.1 Å². The second kappa shape index (κ2) is 10.0. The second-order valence-corrected chi connectivity index (χ2v) is 8.64. The molecule has 206 valence electrons. The van der Waals surface area contributed by atoms with Crippen molar-refractivity contribution in [3.05, 3.63) is 95.8 Å². The normalized spacial score (nSPS) is 12.1. The molecule has 0 aliphatic heterocycles. The monoisotopic (exact) mass is 560 g/mol. The van der Waals surface area contributed by atoms with Crippen LogP contribution in [0.25, 0.3) is 16.9 Å². The van der Waals surface area contributed by atoms with Crippen molar-refractivity contribution in [3.8, 4) is 17.0 Å². The molecule has 0 radical (unpaired) electrons. The van der Waals surface area contributed by atoms with E-state index in [1.165, 1.54) is 36.3 Å². The van der Waals surface area contributed by atoms with Gasteiger partial charge in [-0.05, 0) is 48.0 Å². The summed E-state index contributed by atoms with van der Waals surface area (Å²) in [6.45, 7) is 0.341. The molecule has 40 heavy (non-hydrogen) atoms. The topological polar surface area (TPSA) is 86.3 Å². The van der Waals surface area contributed by atoms with Gasteiger partial charge >= 0.3 is 12.1 Å². The molecule has 0 atom stereocenters. The number of nitrogens with one attached hydrogen (secondary N) is 1. The summed E-state index contributed by atoms with van der Waals surface area (Å²) in [5.74, 6) is -6.22. The molecule has 0 saturated heterocycles. The number of aromatic nitrogens is 5. The Hall–Kier alpha value is -4.88. The molecule has 5 aromatic rings. The number of nitrogens with zero attached hydrogens (tertiary/aromatic N) is 5. The molecule has 0 bridgehead atoms. The highest BCUT2D eigenvalue weighted by Crippen LogP contribution is 2.44. The van der Waals surface area contributed by atoms with E-state index < -0.39 is 40.9 Å². The average molecular weight is 560 g/mol. The Morgan fingerprint density at radius 3 is 2.48 bits per heavy atom. The molecule has 0 spiro atoms. The molecule has 0 unspecified atom stereocenters. The number of ether oxygens (including phenoxy) is 1. The summed E-state index contributed by atoms with van der Waals surface area (Å²) in [5, 5.41) is 10.3. The maximum atomic E-state index is 14.5. The molecule has 2 aromatic carbocycles. The number of rotatable bonds is 7. The van der Waals surface area contributed by atoms with E-state index in [4.69, 9.17) is 4.74 Å². The van der Waals surface area contributed by atoms with Gasteiger partial charge in [-0.1, -0.05) is 12.1 Å². The Bertz CT molecular complexity index is 1690. The zero-order chi connectivity index (χ0) is 28.7. The van der Waals surface area contributed by atoms with Crippen molar-refractivity contribution in [2.24, 2.45) is 0 Å². The van der Waals surface area contributed by atoms with Crippen molar-refractivity contribution < 1.29 is 35.9 Å². The summed E-state index contributed by atoms with van der Waals surface area (Å²) in [6, 6.07) is 13.1. The summed E-state index contributed by atoms with van der Waals surface area (Å²) >= 11 is 0. The van der Waals surface area contributed by atoms with Crippen LogP contribution in [0.1, 0.15) is 21.7 Å². The van der Waals surface area contributed by atoms with Gasteiger partial charge in [0.1, 0.15) is 17.3 Å². The number of fused-ring (bicyclic) bond motifs is 1. The van der Waals surface area contributed by atoms with E-state index in [-0.39, 0.29) is 21.5 Å². The number of carbonyl (C=O) groups excluding carboxylic acids is 1. The molecule has 3 aromatic heterocycles. The lowest BCUT2D eigenvalue weighted by Gasteiger charge is -2.21. The van der Waals surface area contributed by atoms with Gasteiger partial charge in [-0.3, -0.25) is 9.48 Å². The first-order valence-electron chi connectivity index (χ1n) is 11.5. The maximum Gasteiger partial charge on any atom is 0.459 e. The lowest BCUT2D eigenvalue weighted by atomic mass is 10.1. The number of anilines is 1. The van der Waals surface area contributed by atoms with E-state index >= 15 is 0 Å². The number of amides is 1. The van der Waals surface area contributed by atoms with Crippen molar-refractivity contribution in [1.29, 1.82) is 0 Å². The summed E-state index contributed by atoms with van der Waals surface area (Å²) in [4.78, 5) is 16.9. The number of hydrogen-bond acceptors (Lipinski definition) is 5. The fraction of sp³-hybridized carbons (Fsp3) is 0.154. The predicted octanol–water partition coefficient (Wildman–Crippen LogP) is 5.70. The highest BCUT2D eigenvalue weighted by molar-refractivity contribution is 6.03. The summed E-state index contributed by atoms with van der Waals surface area (Å²) < 4.78 is 89.4. The largest absolute Gasteiger partial charge is 0.497 e. The maximum absolute atomic E-state index is 14.5. The number of methoxy groups -OCH3 is 1. The first-order valence-corrected chi connectivity index (χ1v) is 11.5. The van der Waals surface area contributed by atoms with E-state index in [1.54, 1.807) is 18.2 Å². The fourth-order valence-electron chi connectivity index (χ4n) is 3.89. The van der Waals surface area contributed by atoms with E-state index in [9.17, 15) is 31.1 Å². The Labute approximate surface area is 221 Å². The standard InChI is InChI=1S/C26H18F6N6O2/c1-40-19-4-2-3-15(9-19)13-37-14-18(12-33-37)34-24(39)21-11-23-35-20(16-5-7-17(27)8-6-16)10-22(38(23)36-21)25(28,29)26(30,31)32/h2-12,14H,13H2,1H3,(H,34,39). The minimum absolute atomic E-state index is 0.0822. The van der Waals surface area contributed by atoms with Crippen molar-refractivity contribution in [2.75, 3.05) is 12.4 Å². The van der Waals surface area contributed by atoms with Gasteiger partial charge in [-0.2, -0.15) is 32.1 Å². The molecule has 8 nitrogen and oxygen atoms in total. The third-order valence-electron chi connectivity index (χ3n) is 5.85. The molecular formula is C26H18F6N6O2. The minimum atomic E-state index is -5.97. The Balaban J connectivity index is 1.46. The van der Waals surface area contributed by atoms with Crippen molar-refractivity contribution >= 4 is 17.2 Å². The molecule has 5 rings (SSSR count). The zero-order valence-corrected chi connectivity index (χ0v) is 20.5. The van der Waals surface area contributed by atoms with Crippen LogP contribution in [0.5, 0.6) is 5.75 Å². The highest BCUT2D eigenvalue weighted by Gasteiger charge is 2.60. The van der Waals surface area contributed by atoms with E-state index in [0.717, 1.165) is 23.8 Å². The number of benzene rings is 2. The fourth-order valence-corrected chi connectivity index (χ4v) is 3.89. The Kier molecular flexibility index (Phi) is 6.69. The summed E-state index contributed by atoms with van der Waals surface area (Å²) in [7, 11) is 1.53. The van der Waals surface area contributed by atoms with Crippen LogP contribution in [0.4, 0.5) is 32.0 Å². The third kappa shape index (κ3) is 5.19. The van der Waals surface area contributed by atoms with Gasteiger partial charge in [0.2, 0.25) is 0 Å². The van der Waals surface area contributed by atoms with Crippen LogP contribution in [0, 0.1) is 5.82 Å². The van der Waals surface area contributed by atoms with Gasteiger partial charge in [0.15, 0.2) is 11.3 Å². The van der Waals surface area contributed by atoms with E-state index in [1.807, 2.05) is 6.07 Å². The van der Waals surface area contributed by atoms with Crippen molar-refractivity contribution in [1.82, 2.24) is 24.4 Å². The van der Waals surface area contributed by atoms with Crippen molar-refractivity contribution in [2.45, 2.75) is 18.6 Å². The molecule has 0 fully saturated rings. The number of carbonyl (C=O) groups is 1. The number of alkyl halides is 5. The molecule has 0 aliphatic carbocycles. The molecular weight excluding hydrogens is 542 g/mol. The van der Waals surface area contributed by atoms with Crippen LogP contribution in [0.15, 0.2) is 73.1 Å². The number of hydrogen-bond donors (Lipinski definition) is 1. The van der Waals surface area contributed by atoms with Gasteiger partial charge in [0.25, 0.3) is 5.91 Å². The first kappa shape index (κ1) is 26.7. The van der Waals surface area contributed by atoms with Crippen LogP contribution in [0.2, 0.25) is 0 Å². The van der Waals surface area contributed by atoms with Gasteiger partial charge in [0.05, 0.1) is 31.2 Å². The smallest absolute Gasteiger partial charge is 0.459 e. The minimum Gasteiger partial charge on any atom is -0.497 e. The quantitative estimate of drug-likeness (QED) is 0.259. The summed E-state index contributed by atoms with van der Waals surface area (Å²) in [6.07, 6.45) is -3.13.